The van der Waals surface area contributed by atoms with E-state index in [1.807, 2.05) is 28.8 Å². The number of halogens is 3. The Morgan fingerprint density at radius 1 is 1.27 bits per heavy atom. The molecule has 5 rings (SSSR count). The summed E-state index contributed by atoms with van der Waals surface area (Å²) in [6.07, 6.45) is 0.254. The third kappa shape index (κ3) is 2.08. The number of rotatable bonds is 2. The zero-order chi connectivity index (χ0) is 18.0. The maximum Gasteiger partial charge on any atom is 0.387 e. The van der Waals surface area contributed by atoms with Gasteiger partial charge in [0.1, 0.15) is 5.76 Å². The Balaban J connectivity index is 1.82. The number of fused-ring (bicyclic) bond motifs is 9. The van der Waals surface area contributed by atoms with Crippen LogP contribution in [0.15, 0.2) is 43.0 Å². The summed E-state index contributed by atoms with van der Waals surface area (Å²) >= 11 is 6.21. The number of alkyl halides is 2. The van der Waals surface area contributed by atoms with E-state index in [1.54, 1.807) is 6.07 Å². The average Bonchev–Trinajstić information content (AvgIpc) is 3.09. The van der Waals surface area contributed by atoms with Crippen LogP contribution in [-0.2, 0) is 4.74 Å². The molecule has 26 heavy (non-hydrogen) atoms. The Hall–Kier alpha value is -2.60. The SMILES string of the molecule is C=C1O[C@@H]2C[C@H](c3c1ccc(Cl)c3OC(F)F)n1c2nc2ccccc21. The van der Waals surface area contributed by atoms with E-state index >= 15 is 0 Å². The van der Waals surface area contributed by atoms with E-state index < -0.39 is 6.61 Å². The van der Waals surface area contributed by atoms with Gasteiger partial charge in [-0.2, -0.15) is 8.78 Å². The van der Waals surface area contributed by atoms with Gasteiger partial charge in [0, 0.05) is 17.5 Å². The highest BCUT2D eigenvalue weighted by atomic mass is 35.5. The van der Waals surface area contributed by atoms with Gasteiger partial charge in [0.25, 0.3) is 0 Å². The standard InChI is InChI=1S/C19H13ClF2N2O2/c1-9-10-6-7-11(20)17(26-19(21)22)16(10)14-8-15(25-9)18-23-12-4-2-3-5-13(12)24(14)18/h2-7,14-15,19H,1,8H2/t14-,15-/m1/s1. The topological polar surface area (TPSA) is 36.3 Å². The minimum absolute atomic E-state index is 0.0276. The molecule has 2 atom stereocenters. The maximum absolute atomic E-state index is 13.0. The van der Waals surface area contributed by atoms with E-state index in [1.165, 1.54) is 6.07 Å². The first-order valence-electron chi connectivity index (χ1n) is 8.14. The summed E-state index contributed by atoms with van der Waals surface area (Å²) in [6.45, 7) is 0.987. The molecule has 0 N–H and O–H groups in total. The molecule has 2 aliphatic rings. The van der Waals surface area contributed by atoms with E-state index in [9.17, 15) is 8.78 Å². The molecule has 2 aromatic carbocycles. The number of imidazole rings is 1. The monoisotopic (exact) mass is 374 g/mol. The average molecular weight is 375 g/mol. The molecule has 0 aliphatic carbocycles. The first kappa shape index (κ1) is 15.6. The first-order chi connectivity index (χ1) is 12.5. The van der Waals surface area contributed by atoms with Crippen LogP contribution in [0.2, 0.25) is 5.02 Å². The van der Waals surface area contributed by atoms with Crippen molar-refractivity contribution in [2.24, 2.45) is 0 Å². The number of hydrogen-bond acceptors (Lipinski definition) is 3. The van der Waals surface area contributed by atoms with Gasteiger partial charge in [-0.05, 0) is 24.3 Å². The van der Waals surface area contributed by atoms with Crippen molar-refractivity contribution in [1.82, 2.24) is 9.55 Å². The van der Waals surface area contributed by atoms with Crippen molar-refractivity contribution < 1.29 is 18.3 Å². The van der Waals surface area contributed by atoms with Crippen molar-refractivity contribution in [2.75, 3.05) is 0 Å². The lowest BCUT2D eigenvalue weighted by Gasteiger charge is -2.23. The van der Waals surface area contributed by atoms with E-state index in [4.69, 9.17) is 21.1 Å². The molecule has 0 saturated carbocycles. The normalized spacial score (nSPS) is 20.7. The van der Waals surface area contributed by atoms with Gasteiger partial charge in [0.05, 0.1) is 22.1 Å². The predicted octanol–water partition coefficient (Wildman–Crippen LogP) is 5.33. The molecule has 7 heteroatoms. The molecule has 0 fully saturated rings. The van der Waals surface area contributed by atoms with Crippen molar-refractivity contribution >= 4 is 28.4 Å². The van der Waals surface area contributed by atoms with Crippen LogP contribution in [-0.4, -0.2) is 16.2 Å². The Morgan fingerprint density at radius 3 is 2.88 bits per heavy atom. The molecule has 3 aromatic rings. The van der Waals surface area contributed by atoms with Gasteiger partial charge < -0.3 is 14.0 Å². The quantitative estimate of drug-likeness (QED) is 0.608. The fourth-order valence-electron chi connectivity index (χ4n) is 3.97. The van der Waals surface area contributed by atoms with Crippen LogP contribution in [0.5, 0.6) is 5.75 Å². The van der Waals surface area contributed by atoms with Gasteiger partial charge in [-0.25, -0.2) is 4.98 Å². The van der Waals surface area contributed by atoms with Crippen LogP contribution in [0.4, 0.5) is 8.78 Å². The lowest BCUT2D eigenvalue weighted by Crippen LogP contribution is -2.13. The van der Waals surface area contributed by atoms with Crippen molar-refractivity contribution in [1.29, 1.82) is 0 Å². The fraction of sp³-hybridized carbons (Fsp3) is 0.211. The molecule has 0 amide bonds. The summed E-state index contributed by atoms with van der Waals surface area (Å²) in [5, 5.41) is 0.133. The van der Waals surface area contributed by atoms with E-state index in [2.05, 4.69) is 11.6 Å². The Kier molecular flexibility index (Phi) is 3.28. The molecule has 0 unspecified atom stereocenters. The third-order valence-corrected chi connectivity index (χ3v) is 5.23. The number of benzene rings is 2. The van der Waals surface area contributed by atoms with Crippen LogP contribution in [0.3, 0.4) is 0 Å². The van der Waals surface area contributed by atoms with Crippen LogP contribution in [0, 0.1) is 0 Å². The lowest BCUT2D eigenvalue weighted by atomic mass is 9.97. The number of hydrogen-bond donors (Lipinski definition) is 0. The summed E-state index contributed by atoms with van der Waals surface area (Å²) in [7, 11) is 0. The minimum Gasteiger partial charge on any atom is -0.482 e. The largest absolute Gasteiger partial charge is 0.482 e. The smallest absolute Gasteiger partial charge is 0.387 e. The van der Waals surface area contributed by atoms with Crippen molar-refractivity contribution in [3.8, 4) is 5.75 Å². The summed E-state index contributed by atoms with van der Waals surface area (Å²) in [4.78, 5) is 4.67. The molecular formula is C19H13ClF2N2O2. The second-order valence-electron chi connectivity index (χ2n) is 6.33. The van der Waals surface area contributed by atoms with Gasteiger partial charge >= 0.3 is 6.61 Å². The minimum atomic E-state index is -2.98. The molecule has 0 spiro atoms. The number of aromatic nitrogens is 2. The number of para-hydroxylation sites is 2. The molecule has 0 saturated heterocycles. The molecule has 2 bridgehead atoms. The zero-order valence-corrected chi connectivity index (χ0v) is 14.2. The highest BCUT2D eigenvalue weighted by Gasteiger charge is 2.42. The summed E-state index contributed by atoms with van der Waals surface area (Å²) in [6, 6.07) is 10.7. The van der Waals surface area contributed by atoms with Gasteiger partial charge in [-0.3, -0.25) is 0 Å². The Bertz CT molecular complexity index is 1060. The second kappa shape index (κ2) is 5.45. The zero-order valence-electron chi connectivity index (χ0n) is 13.5. The third-order valence-electron chi connectivity index (χ3n) is 4.93. The van der Waals surface area contributed by atoms with Crippen LogP contribution < -0.4 is 4.74 Å². The Morgan fingerprint density at radius 2 is 2.08 bits per heavy atom. The molecule has 4 nitrogen and oxygen atoms in total. The molecule has 132 valence electrons. The van der Waals surface area contributed by atoms with Crippen molar-refractivity contribution in [3.63, 3.8) is 0 Å². The summed E-state index contributed by atoms with van der Waals surface area (Å²) in [5.41, 5.74) is 2.93. The molecule has 2 aliphatic heterocycles. The van der Waals surface area contributed by atoms with Crippen LogP contribution >= 0.6 is 11.6 Å². The van der Waals surface area contributed by atoms with Crippen LogP contribution in [0.25, 0.3) is 16.8 Å². The van der Waals surface area contributed by atoms with Gasteiger partial charge in [-0.1, -0.05) is 30.3 Å². The van der Waals surface area contributed by atoms with E-state index in [0.717, 1.165) is 16.9 Å². The van der Waals surface area contributed by atoms with Crippen molar-refractivity contribution in [2.45, 2.75) is 25.2 Å². The van der Waals surface area contributed by atoms with Gasteiger partial charge in [0.15, 0.2) is 17.7 Å². The lowest BCUT2D eigenvalue weighted by molar-refractivity contribution is -0.0506. The Labute approximate surface area is 152 Å². The summed E-state index contributed by atoms with van der Waals surface area (Å²) in [5.74, 6) is 1.13. The molecule has 1 aromatic heterocycles. The predicted molar refractivity (Wildman–Crippen MR) is 93.4 cm³/mol. The number of nitrogens with zero attached hydrogens (tertiary/aromatic N) is 2. The van der Waals surface area contributed by atoms with Gasteiger partial charge in [-0.15, -0.1) is 0 Å². The number of ether oxygens (including phenoxy) is 2. The first-order valence-corrected chi connectivity index (χ1v) is 8.52. The van der Waals surface area contributed by atoms with E-state index in [-0.39, 0.29) is 22.9 Å². The maximum atomic E-state index is 13.0. The molecule has 3 heterocycles. The van der Waals surface area contributed by atoms with Crippen LogP contribution in [0.1, 0.15) is 35.5 Å². The van der Waals surface area contributed by atoms with Crippen molar-refractivity contribution in [3.05, 3.63) is 65.0 Å². The highest BCUT2D eigenvalue weighted by molar-refractivity contribution is 6.32. The molecule has 0 radical (unpaired) electrons. The molecular weight excluding hydrogens is 362 g/mol. The summed E-state index contributed by atoms with van der Waals surface area (Å²) < 4.78 is 38.9. The van der Waals surface area contributed by atoms with Gasteiger partial charge in [0.2, 0.25) is 0 Å². The highest BCUT2D eigenvalue weighted by Crippen LogP contribution is 2.52. The fourth-order valence-corrected chi connectivity index (χ4v) is 4.18. The van der Waals surface area contributed by atoms with E-state index in [0.29, 0.717) is 23.3 Å². The second-order valence-corrected chi connectivity index (χ2v) is 6.73.